The number of rotatable bonds is 4. The minimum Gasteiger partial charge on any atom is -0.368 e. The van der Waals surface area contributed by atoms with Gasteiger partial charge in [0.1, 0.15) is 6.10 Å². The summed E-state index contributed by atoms with van der Waals surface area (Å²) >= 11 is 0. The van der Waals surface area contributed by atoms with E-state index in [1.165, 1.54) is 0 Å². The first-order chi connectivity index (χ1) is 11.7. The number of nitrogens with zero attached hydrogens (tertiary/aromatic N) is 3. The van der Waals surface area contributed by atoms with E-state index in [4.69, 9.17) is 4.74 Å². The van der Waals surface area contributed by atoms with Crippen molar-refractivity contribution in [1.82, 2.24) is 20.4 Å². The summed E-state index contributed by atoms with van der Waals surface area (Å²) in [7, 11) is 1.71. The van der Waals surface area contributed by atoms with E-state index in [0.29, 0.717) is 44.8 Å². The molecule has 0 radical (unpaired) electrons. The number of piperazine rings is 1. The molecule has 1 atom stereocenters. The largest absolute Gasteiger partial charge is 0.368 e. The predicted molar refractivity (Wildman–Crippen MR) is 89.7 cm³/mol. The van der Waals surface area contributed by atoms with E-state index < -0.39 is 0 Å². The van der Waals surface area contributed by atoms with E-state index in [9.17, 15) is 9.59 Å². The van der Waals surface area contributed by atoms with Gasteiger partial charge >= 0.3 is 0 Å². The molecular formula is C16H27N5O3. The van der Waals surface area contributed by atoms with Crippen LogP contribution < -0.4 is 10.6 Å². The van der Waals surface area contributed by atoms with Gasteiger partial charge in [0.05, 0.1) is 6.54 Å². The van der Waals surface area contributed by atoms with Gasteiger partial charge in [0.15, 0.2) is 5.96 Å². The molecule has 0 aromatic rings. The molecule has 1 aliphatic carbocycles. The highest BCUT2D eigenvalue weighted by atomic mass is 16.5. The molecule has 2 N–H and O–H groups in total. The fraction of sp³-hybridized carbons (Fsp3) is 0.812. The van der Waals surface area contributed by atoms with Gasteiger partial charge in [0, 0.05) is 45.9 Å². The highest BCUT2D eigenvalue weighted by Gasteiger charge is 2.31. The lowest BCUT2D eigenvalue weighted by atomic mass is 10.2. The Bertz CT molecular complexity index is 492. The topological polar surface area (TPSA) is 86.3 Å². The Morgan fingerprint density at radius 1 is 1.12 bits per heavy atom. The Morgan fingerprint density at radius 3 is 2.42 bits per heavy atom. The van der Waals surface area contributed by atoms with Gasteiger partial charge < -0.3 is 25.2 Å². The zero-order valence-corrected chi connectivity index (χ0v) is 14.3. The van der Waals surface area contributed by atoms with Crippen LogP contribution in [0, 0.1) is 0 Å². The van der Waals surface area contributed by atoms with Crippen molar-refractivity contribution in [2.24, 2.45) is 4.99 Å². The Kier molecular flexibility index (Phi) is 5.55. The Balaban J connectivity index is 1.42. The van der Waals surface area contributed by atoms with Gasteiger partial charge in [-0.1, -0.05) is 0 Å². The molecule has 8 heteroatoms. The van der Waals surface area contributed by atoms with Crippen LogP contribution in [0.5, 0.6) is 0 Å². The molecule has 1 saturated carbocycles. The third-order valence-electron chi connectivity index (χ3n) is 4.66. The first-order valence-electron chi connectivity index (χ1n) is 8.82. The van der Waals surface area contributed by atoms with E-state index in [2.05, 4.69) is 20.5 Å². The van der Waals surface area contributed by atoms with Gasteiger partial charge in [-0.25, -0.2) is 0 Å². The number of amides is 2. The second-order valence-electron chi connectivity index (χ2n) is 6.56. The van der Waals surface area contributed by atoms with Crippen LogP contribution in [-0.4, -0.2) is 86.1 Å². The second kappa shape index (κ2) is 7.83. The minimum absolute atomic E-state index is 0.00541. The molecule has 8 nitrogen and oxygen atoms in total. The maximum Gasteiger partial charge on any atom is 0.251 e. The van der Waals surface area contributed by atoms with E-state index in [-0.39, 0.29) is 24.5 Å². The van der Waals surface area contributed by atoms with Crippen molar-refractivity contribution < 1.29 is 14.3 Å². The molecule has 3 rings (SSSR count). The number of hydrogen-bond acceptors (Lipinski definition) is 4. The lowest BCUT2D eigenvalue weighted by Gasteiger charge is -2.37. The molecule has 2 heterocycles. The average Bonchev–Trinajstić information content (AvgIpc) is 3.24. The van der Waals surface area contributed by atoms with Crippen LogP contribution in [0.3, 0.4) is 0 Å². The van der Waals surface area contributed by atoms with Crippen molar-refractivity contribution >= 4 is 17.8 Å². The Labute approximate surface area is 142 Å². The quantitative estimate of drug-likeness (QED) is 0.516. The van der Waals surface area contributed by atoms with E-state index in [1.54, 1.807) is 7.05 Å². The minimum atomic E-state index is -0.250. The SMILES string of the molecule is CN=C(NCC(=O)NC1CC1)N1CCN(C(=O)C2CCCO2)CC1. The van der Waals surface area contributed by atoms with Gasteiger partial charge in [-0.2, -0.15) is 0 Å². The predicted octanol–water partition coefficient (Wildman–Crippen LogP) is -0.836. The zero-order valence-electron chi connectivity index (χ0n) is 14.3. The number of carbonyl (C=O) groups is 2. The van der Waals surface area contributed by atoms with Gasteiger partial charge in [-0.3, -0.25) is 14.6 Å². The molecular weight excluding hydrogens is 310 g/mol. The average molecular weight is 337 g/mol. The number of nitrogens with one attached hydrogen (secondary N) is 2. The van der Waals surface area contributed by atoms with E-state index in [0.717, 1.165) is 25.7 Å². The molecule has 2 aliphatic heterocycles. The second-order valence-corrected chi connectivity index (χ2v) is 6.56. The van der Waals surface area contributed by atoms with Crippen LogP contribution in [0.15, 0.2) is 4.99 Å². The zero-order chi connectivity index (χ0) is 16.9. The van der Waals surface area contributed by atoms with Crippen LogP contribution in [0.1, 0.15) is 25.7 Å². The Hall–Kier alpha value is -1.83. The number of ether oxygens (including phenoxy) is 1. The van der Waals surface area contributed by atoms with Crippen molar-refractivity contribution in [3.63, 3.8) is 0 Å². The van der Waals surface area contributed by atoms with Gasteiger partial charge in [0.25, 0.3) is 5.91 Å². The van der Waals surface area contributed by atoms with Crippen LogP contribution in [0.4, 0.5) is 0 Å². The molecule has 2 amide bonds. The fourth-order valence-corrected chi connectivity index (χ4v) is 3.11. The third-order valence-corrected chi connectivity index (χ3v) is 4.66. The van der Waals surface area contributed by atoms with Crippen LogP contribution in [0.25, 0.3) is 0 Å². The number of carbonyl (C=O) groups excluding carboxylic acids is 2. The molecule has 0 spiro atoms. The lowest BCUT2D eigenvalue weighted by Crippen LogP contribution is -2.56. The summed E-state index contributed by atoms with van der Waals surface area (Å²) < 4.78 is 5.48. The van der Waals surface area contributed by atoms with Crippen LogP contribution >= 0.6 is 0 Å². The smallest absolute Gasteiger partial charge is 0.251 e. The maximum atomic E-state index is 12.4. The van der Waals surface area contributed by atoms with Gasteiger partial charge in [-0.05, 0) is 25.7 Å². The van der Waals surface area contributed by atoms with Gasteiger partial charge in [-0.15, -0.1) is 0 Å². The van der Waals surface area contributed by atoms with Gasteiger partial charge in [0.2, 0.25) is 5.91 Å². The summed E-state index contributed by atoms with van der Waals surface area (Å²) in [5.74, 6) is 0.829. The summed E-state index contributed by atoms with van der Waals surface area (Å²) in [6, 6.07) is 0.369. The highest BCUT2D eigenvalue weighted by Crippen LogP contribution is 2.18. The molecule has 1 unspecified atom stereocenters. The first-order valence-corrected chi connectivity index (χ1v) is 8.82. The monoisotopic (exact) mass is 337 g/mol. The number of aliphatic imine (C=N–C) groups is 1. The molecule has 3 fully saturated rings. The molecule has 3 aliphatic rings. The number of hydrogen-bond donors (Lipinski definition) is 2. The van der Waals surface area contributed by atoms with E-state index in [1.807, 2.05) is 4.90 Å². The van der Waals surface area contributed by atoms with Crippen molar-refractivity contribution in [3.8, 4) is 0 Å². The molecule has 134 valence electrons. The molecule has 24 heavy (non-hydrogen) atoms. The van der Waals surface area contributed by atoms with Crippen molar-refractivity contribution in [2.75, 3.05) is 46.4 Å². The summed E-state index contributed by atoms with van der Waals surface area (Å²) in [5, 5.41) is 6.05. The normalized spacial score (nSPS) is 24.9. The first kappa shape index (κ1) is 17.0. The van der Waals surface area contributed by atoms with Crippen LogP contribution in [-0.2, 0) is 14.3 Å². The molecule has 0 aromatic heterocycles. The van der Waals surface area contributed by atoms with Crippen molar-refractivity contribution in [3.05, 3.63) is 0 Å². The summed E-state index contributed by atoms with van der Waals surface area (Å²) in [4.78, 5) is 32.3. The Morgan fingerprint density at radius 2 is 1.83 bits per heavy atom. The highest BCUT2D eigenvalue weighted by molar-refractivity contribution is 5.87. The summed E-state index contributed by atoms with van der Waals surface area (Å²) in [5.41, 5.74) is 0. The third kappa shape index (κ3) is 4.37. The van der Waals surface area contributed by atoms with Crippen LogP contribution in [0.2, 0.25) is 0 Å². The molecule has 0 aromatic carbocycles. The van der Waals surface area contributed by atoms with Crippen molar-refractivity contribution in [2.45, 2.75) is 37.8 Å². The lowest BCUT2D eigenvalue weighted by molar-refractivity contribution is -0.142. The standard InChI is InChI=1S/C16H27N5O3/c1-17-16(18-11-14(22)19-12-4-5-12)21-8-6-20(7-9-21)15(23)13-3-2-10-24-13/h12-13H,2-11H2,1H3,(H,17,18)(H,19,22). The number of guanidine groups is 1. The fourth-order valence-electron chi connectivity index (χ4n) is 3.11. The summed E-state index contributed by atoms with van der Waals surface area (Å²) in [6.45, 7) is 3.67. The molecule has 2 saturated heterocycles. The summed E-state index contributed by atoms with van der Waals surface area (Å²) in [6.07, 6.45) is 3.72. The van der Waals surface area contributed by atoms with Crippen molar-refractivity contribution in [1.29, 1.82) is 0 Å². The molecule has 0 bridgehead atoms. The van der Waals surface area contributed by atoms with E-state index >= 15 is 0 Å². The maximum absolute atomic E-state index is 12.4.